The van der Waals surface area contributed by atoms with Gasteiger partial charge in [0, 0.05) is 22.6 Å². The molecule has 3 aromatic carbocycles. The molecule has 0 unspecified atom stereocenters. The van der Waals surface area contributed by atoms with Crippen LogP contribution in [0, 0.1) is 0 Å². The lowest BCUT2D eigenvalue weighted by molar-refractivity contribution is -0.0203. The monoisotopic (exact) mass is 420 g/mol. The molecule has 0 bridgehead atoms. The summed E-state index contributed by atoms with van der Waals surface area (Å²) in [6, 6.07) is 21.6. The van der Waals surface area contributed by atoms with E-state index >= 15 is 0 Å². The molecule has 0 saturated carbocycles. The second-order valence-corrected chi connectivity index (χ2v) is 7.71. The predicted molar refractivity (Wildman–Crippen MR) is 117 cm³/mol. The Kier molecular flexibility index (Phi) is 4.75. The first-order valence-corrected chi connectivity index (χ1v) is 10.1. The number of para-hydroxylation sites is 1. The van der Waals surface area contributed by atoms with Gasteiger partial charge in [0.05, 0.1) is 31.5 Å². The van der Waals surface area contributed by atoms with Gasteiger partial charge in [0.2, 0.25) is 6.23 Å². The highest BCUT2D eigenvalue weighted by molar-refractivity contribution is 6.30. The number of fused-ring (bicyclic) bond motifs is 3. The number of nitrogens with zero attached hydrogens (tertiary/aromatic N) is 2. The number of ether oxygens (including phenoxy) is 3. The topological polar surface area (TPSA) is 43.3 Å². The van der Waals surface area contributed by atoms with Crippen molar-refractivity contribution >= 4 is 17.3 Å². The van der Waals surface area contributed by atoms with E-state index in [0.29, 0.717) is 5.02 Å². The summed E-state index contributed by atoms with van der Waals surface area (Å²) >= 11 is 6.31. The summed E-state index contributed by atoms with van der Waals surface area (Å²) in [5, 5.41) is 7.69. The van der Waals surface area contributed by atoms with Crippen molar-refractivity contribution in [3.8, 4) is 17.2 Å². The molecule has 2 aliphatic rings. The van der Waals surface area contributed by atoms with E-state index in [9.17, 15) is 0 Å². The van der Waals surface area contributed by atoms with Crippen LogP contribution in [-0.2, 0) is 0 Å². The second kappa shape index (κ2) is 7.58. The lowest BCUT2D eigenvalue weighted by atomic mass is 9.95. The van der Waals surface area contributed by atoms with Gasteiger partial charge in [-0.05, 0) is 42.5 Å². The van der Waals surface area contributed by atoms with Crippen LogP contribution in [0.15, 0.2) is 71.8 Å². The van der Waals surface area contributed by atoms with Crippen LogP contribution >= 0.6 is 11.6 Å². The van der Waals surface area contributed by atoms with Gasteiger partial charge >= 0.3 is 0 Å². The van der Waals surface area contributed by atoms with Crippen molar-refractivity contribution in [1.82, 2.24) is 5.01 Å². The van der Waals surface area contributed by atoms with Crippen molar-refractivity contribution in [3.63, 3.8) is 0 Å². The van der Waals surface area contributed by atoms with Crippen LogP contribution in [0.1, 0.15) is 35.4 Å². The highest BCUT2D eigenvalue weighted by Crippen LogP contribution is 2.49. The molecule has 0 fully saturated rings. The molecular formula is C24H21ClN2O3. The highest BCUT2D eigenvalue weighted by atomic mass is 35.5. The summed E-state index contributed by atoms with van der Waals surface area (Å²) in [6.45, 7) is 0. The van der Waals surface area contributed by atoms with E-state index in [-0.39, 0.29) is 6.04 Å². The molecule has 2 atom stereocenters. The summed E-state index contributed by atoms with van der Waals surface area (Å²) in [7, 11) is 3.34. The van der Waals surface area contributed by atoms with Crippen molar-refractivity contribution in [2.75, 3.05) is 14.2 Å². The molecule has 0 aromatic heterocycles. The normalized spacial score (nSPS) is 19.4. The van der Waals surface area contributed by atoms with Crippen molar-refractivity contribution in [1.29, 1.82) is 0 Å². The van der Waals surface area contributed by atoms with Gasteiger partial charge < -0.3 is 14.2 Å². The fraction of sp³-hybridized carbons (Fsp3) is 0.208. The molecule has 5 nitrogen and oxygen atoms in total. The summed E-state index contributed by atoms with van der Waals surface area (Å²) in [6.07, 6.45) is 0.345. The summed E-state index contributed by atoms with van der Waals surface area (Å²) in [4.78, 5) is 0. The third-order valence-electron chi connectivity index (χ3n) is 5.56. The molecule has 0 radical (unpaired) electrons. The Bertz CT molecular complexity index is 1130. The van der Waals surface area contributed by atoms with E-state index in [1.165, 1.54) is 0 Å². The Morgan fingerprint density at radius 2 is 1.83 bits per heavy atom. The number of halogens is 1. The molecule has 3 aromatic rings. The maximum atomic E-state index is 6.41. The van der Waals surface area contributed by atoms with Gasteiger partial charge in [-0.2, -0.15) is 5.10 Å². The van der Waals surface area contributed by atoms with Gasteiger partial charge in [-0.3, -0.25) is 0 Å². The predicted octanol–water partition coefficient (Wildman–Crippen LogP) is 5.60. The van der Waals surface area contributed by atoms with Gasteiger partial charge in [0.1, 0.15) is 17.2 Å². The fourth-order valence-corrected chi connectivity index (χ4v) is 4.29. The van der Waals surface area contributed by atoms with Crippen LogP contribution in [0.5, 0.6) is 17.2 Å². The molecule has 2 heterocycles. The largest absolute Gasteiger partial charge is 0.497 e. The van der Waals surface area contributed by atoms with Crippen molar-refractivity contribution in [2.45, 2.75) is 18.7 Å². The van der Waals surface area contributed by atoms with Gasteiger partial charge in [0.25, 0.3) is 0 Å². The number of hydrogen-bond acceptors (Lipinski definition) is 5. The van der Waals surface area contributed by atoms with E-state index in [2.05, 4.69) is 6.07 Å². The number of hydrogen-bond donors (Lipinski definition) is 0. The molecular weight excluding hydrogens is 400 g/mol. The summed E-state index contributed by atoms with van der Waals surface area (Å²) < 4.78 is 17.4. The molecule has 6 heteroatoms. The molecule has 0 amide bonds. The minimum atomic E-state index is -0.400. The van der Waals surface area contributed by atoms with E-state index < -0.39 is 6.23 Å². The van der Waals surface area contributed by atoms with Gasteiger partial charge in [-0.1, -0.05) is 35.9 Å². The van der Waals surface area contributed by atoms with E-state index in [1.54, 1.807) is 14.2 Å². The van der Waals surface area contributed by atoms with Crippen molar-refractivity contribution < 1.29 is 14.2 Å². The van der Waals surface area contributed by atoms with E-state index in [1.807, 2.05) is 65.7 Å². The number of methoxy groups -OCH3 is 2. The average molecular weight is 421 g/mol. The van der Waals surface area contributed by atoms with Crippen LogP contribution in [0.3, 0.4) is 0 Å². The zero-order valence-electron chi connectivity index (χ0n) is 16.7. The number of rotatable bonds is 4. The van der Waals surface area contributed by atoms with E-state index in [4.69, 9.17) is 30.9 Å². The molecule has 2 aliphatic heterocycles. The first-order chi connectivity index (χ1) is 14.7. The first-order valence-electron chi connectivity index (χ1n) is 9.77. The standard InChI is InChI=1S/C24H21ClN2O3/c1-28-17-7-5-6-15(12-17)20-14-21-19-13-16(25)10-11-23(19)30-24(27(21)26-20)18-8-3-4-9-22(18)29-2/h3-13,21,24H,14H2,1-2H3/t21-,24+/m0/s1. The van der Waals surface area contributed by atoms with Crippen molar-refractivity contribution in [3.05, 3.63) is 88.4 Å². The van der Waals surface area contributed by atoms with Crippen LogP contribution in [0.4, 0.5) is 0 Å². The lowest BCUT2D eigenvalue weighted by Crippen LogP contribution is -2.33. The molecule has 30 heavy (non-hydrogen) atoms. The lowest BCUT2D eigenvalue weighted by Gasteiger charge is -2.38. The van der Waals surface area contributed by atoms with Crippen molar-refractivity contribution in [2.24, 2.45) is 5.10 Å². The number of benzene rings is 3. The van der Waals surface area contributed by atoms with Crippen LogP contribution in [0.25, 0.3) is 0 Å². The quantitative estimate of drug-likeness (QED) is 0.551. The average Bonchev–Trinajstić information content (AvgIpc) is 3.24. The SMILES string of the molecule is COc1cccc(C2=NN3[C@@H](c4ccccc4OC)Oc4ccc(Cl)cc4[C@@H]3C2)c1. The third kappa shape index (κ3) is 3.15. The molecule has 0 aliphatic carbocycles. The first kappa shape index (κ1) is 18.8. The summed E-state index contributed by atoms with van der Waals surface area (Å²) in [5.41, 5.74) is 3.98. The molecule has 0 saturated heterocycles. The Labute approximate surface area is 180 Å². The fourth-order valence-electron chi connectivity index (χ4n) is 4.11. The van der Waals surface area contributed by atoms with Gasteiger partial charge in [0.15, 0.2) is 0 Å². The molecule has 0 N–H and O–H groups in total. The Hall–Kier alpha value is -3.18. The van der Waals surface area contributed by atoms with E-state index in [0.717, 1.165) is 46.1 Å². The Morgan fingerprint density at radius 3 is 2.67 bits per heavy atom. The minimum absolute atomic E-state index is 0.0172. The molecule has 5 rings (SSSR count). The van der Waals surface area contributed by atoms with Crippen LogP contribution in [-0.4, -0.2) is 24.9 Å². The van der Waals surface area contributed by atoms with Crippen LogP contribution in [0.2, 0.25) is 5.02 Å². The zero-order valence-corrected chi connectivity index (χ0v) is 17.5. The third-order valence-corrected chi connectivity index (χ3v) is 5.79. The second-order valence-electron chi connectivity index (χ2n) is 7.27. The Morgan fingerprint density at radius 1 is 0.967 bits per heavy atom. The molecule has 152 valence electrons. The van der Waals surface area contributed by atoms with Crippen LogP contribution < -0.4 is 14.2 Å². The smallest absolute Gasteiger partial charge is 0.217 e. The minimum Gasteiger partial charge on any atom is -0.497 e. The van der Waals surface area contributed by atoms with Gasteiger partial charge in [-0.25, -0.2) is 5.01 Å². The zero-order chi connectivity index (χ0) is 20.7. The number of hydrazone groups is 1. The maximum absolute atomic E-state index is 6.41. The maximum Gasteiger partial charge on any atom is 0.217 e. The molecule has 0 spiro atoms. The summed E-state index contributed by atoms with van der Waals surface area (Å²) in [5.74, 6) is 2.39. The Balaban J connectivity index is 1.62. The van der Waals surface area contributed by atoms with Gasteiger partial charge in [-0.15, -0.1) is 0 Å². The highest BCUT2D eigenvalue weighted by Gasteiger charge is 2.42.